The van der Waals surface area contributed by atoms with Crippen LogP contribution in [0.25, 0.3) is 0 Å². The Kier molecular flexibility index (Phi) is 4.88. The van der Waals surface area contributed by atoms with Crippen LogP contribution in [0.15, 0.2) is 48.5 Å². The van der Waals surface area contributed by atoms with Crippen molar-refractivity contribution < 1.29 is 18.7 Å². The molecule has 0 aliphatic carbocycles. The summed E-state index contributed by atoms with van der Waals surface area (Å²) in [5.74, 6) is -1.73. The van der Waals surface area contributed by atoms with Crippen LogP contribution in [-0.2, 0) is 9.53 Å². The van der Waals surface area contributed by atoms with Gasteiger partial charge in [-0.15, -0.1) is 0 Å². The van der Waals surface area contributed by atoms with Crippen molar-refractivity contribution in [3.05, 3.63) is 65.5 Å². The molecule has 2 aromatic carbocycles. The SMILES string of the molecule is Cc1cccc(NC(=O)[C@@H](C)OC(=O)c2cccc(F)c2)c1. The first kappa shape index (κ1) is 15.7. The van der Waals surface area contributed by atoms with Crippen LogP contribution < -0.4 is 5.32 Å². The summed E-state index contributed by atoms with van der Waals surface area (Å²) in [7, 11) is 0. The molecule has 0 fully saturated rings. The molecular formula is C17H16FNO3. The molecule has 2 aromatic rings. The first-order chi connectivity index (χ1) is 10.5. The van der Waals surface area contributed by atoms with Crippen molar-refractivity contribution in [3.63, 3.8) is 0 Å². The van der Waals surface area contributed by atoms with Gasteiger partial charge >= 0.3 is 5.97 Å². The standard InChI is InChI=1S/C17H16FNO3/c1-11-5-3-8-15(9-11)19-16(20)12(2)22-17(21)13-6-4-7-14(18)10-13/h3-10,12H,1-2H3,(H,19,20)/t12-/m1/s1. The summed E-state index contributed by atoms with van der Waals surface area (Å²) in [5, 5.41) is 2.66. The molecule has 0 unspecified atom stereocenters. The van der Waals surface area contributed by atoms with Gasteiger partial charge in [-0.2, -0.15) is 0 Å². The summed E-state index contributed by atoms with van der Waals surface area (Å²) >= 11 is 0. The van der Waals surface area contributed by atoms with E-state index in [-0.39, 0.29) is 5.56 Å². The Morgan fingerprint density at radius 1 is 1.14 bits per heavy atom. The molecule has 1 N–H and O–H groups in total. The minimum Gasteiger partial charge on any atom is -0.449 e. The number of nitrogens with one attached hydrogen (secondary N) is 1. The number of rotatable bonds is 4. The second-order valence-electron chi connectivity index (χ2n) is 4.92. The molecule has 1 atom stereocenters. The Balaban J connectivity index is 1.98. The molecule has 1 amide bonds. The van der Waals surface area contributed by atoms with Crippen molar-refractivity contribution in [1.29, 1.82) is 0 Å². The van der Waals surface area contributed by atoms with E-state index < -0.39 is 23.8 Å². The zero-order valence-electron chi connectivity index (χ0n) is 12.3. The summed E-state index contributed by atoms with van der Waals surface area (Å²) in [4.78, 5) is 23.8. The van der Waals surface area contributed by atoms with Gasteiger partial charge in [0.15, 0.2) is 6.10 Å². The van der Waals surface area contributed by atoms with E-state index in [1.54, 1.807) is 12.1 Å². The summed E-state index contributed by atoms with van der Waals surface area (Å²) in [6, 6.07) is 12.4. The maximum absolute atomic E-state index is 13.1. The number of carbonyl (C=O) groups excluding carboxylic acids is 2. The third kappa shape index (κ3) is 4.15. The molecular weight excluding hydrogens is 285 g/mol. The Labute approximate surface area is 127 Å². The molecule has 0 aromatic heterocycles. The molecule has 0 radical (unpaired) electrons. The first-order valence-corrected chi connectivity index (χ1v) is 6.80. The van der Waals surface area contributed by atoms with Gasteiger partial charge in [-0.25, -0.2) is 9.18 Å². The van der Waals surface area contributed by atoms with E-state index in [2.05, 4.69) is 5.32 Å². The molecule has 0 aliphatic heterocycles. The number of anilines is 1. The number of aryl methyl sites for hydroxylation is 1. The number of hydrogen-bond donors (Lipinski definition) is 1. The predicted molar refractivity (Wildman–Crippen MR) is 81.1 cm³/mol. The van der Waals surface area contributed by atoms with E-state index in [1.165, 1.54) is 25.1 Å². The van der Waals surface area contributed by atoms with Crippen LogP contribution in [0.4, 0.5) is 10.1 Å². The summed E-state index contributed by atoms with van der Waals surface area (Å²) in [5.41, 5.74) is 1.69. The summed E-state index contributed by atoms with van der Waals surface area (Å²) < 4.78 is 18.1. The topological polar surface area (TPSA) is 55.4 Å². The molecule has 114 valence electrons. The Hall–Kier alpha value is -2.69. The van der Waals surface area contributed by atoms with Crippen LogP contribution in [0.2, 0.25) is 0 Å². The van der Waals surface area contributed by atoms with Crippen molar-refractivity contribution in [3.8, 4) is 0 Å². The van der Waals surface area contributed by atoms with Crippen LogP contribution in [0.5, 0.6) is 0 Å². The van der Waals surface area contributed by atoms with Crippen molar-refractivity contribution in [1.82, 2.24) is 0 Å². The van der Waals surface area contributed by atoms with Gasteiger partial charge in [0.2, 0.25) is 0 Å². The van der Waals surface area contributed by atoms with Crippen molar-refractivity contribution in [2.75, 3.05) is 5.32 Å². The van der Waals surface area contributed by atoms with Crippen LogP contribution in [0.1, 0.15) is 22.8 Å². The van der Waals surface area contributed by atoms with Gasteiger partial charge in [-0.1, -0.05) is 18.2 Å². The third-order valence-corrected chi connectivity index (χ3v) is 3.00. The second kappa shape index (κ2) is 6.85. The van der Waals surface area contributed by atoms with Gasteiger partial charge in [0.05, 0.1) is 5.56 Å². The molecule has 22 heavy (non-hydrogen) atoms. The average Bonchev–Trinajstić information content (AvgIpc) is 2.47. The average molecular weight is 301 g/mol. The number of halogens is 1. The number of hydrogen-bond acceptors (Lipinski definition) is 3. The highest BCUT2D eigenvalue weighted by molar-refractivity contribution is 5.97. The molecule has 0 bridgehead atoms. The maximum Gasteiger partial charge on any atom is 0.339 e. The minimum atomic E-state index is -0.990. The molecule has 2 rings (SSSR count). The zero-order chi connectivity index (χ0) is 16.1. The fraction of sp³-hybridized carbons (Fsp3) is 0.176. The normalized spacial score (nSPS) is 11.6. The number of benzene rings is 2. The maximum atomic E-state index is 13.1. The highest BCUT2D eigenvalue weighted by atomic mass is 19.1. The van der Waals surface area contributed by atoms with Crippen LogP contribution in [0, 0.1) is 12.7 Å². The van der Waals surface area contributed by atoms with E-state index in [1.807, 2.05) is 19.1 Å². The Morgan fingerprint density at radius 2 is 1.86 bits per heavy atom. The van der Waals surface area contributed by atoms with Crippen molar-refractivity contribution >= 4 is 17.6 Å². The van der Waals surface area contributed by atoms with Crippen LogP contribution in [0.3, 0.4) is 0 Å². The lowest BCUT2D eigenvalue weighted by atomic mass is 10.2. The molecule has 0 aliphatic rings. The molecule has 5 heteroatoms. The Bertz CT molecular complexity index is 700. The lowest BCUT2D eigenvalue weighted by Crippen LogP contribution is -2.30. The van der Waals surface area contributed by atoms with Gasteiger partial charge in [-0.05, 0) is 49.7 Å². The Morgan fingerprint density at radius 3 is 2.55 bits per heavy atom. The monoisotopic (exact) mass is 301 g/mol. The van der Waals surface area contributed by atoms with Gasteiger partial charge in [0.25, 0.3) is 5.91 Å². The molecule has 0 spiro atoms. The largest absolute Gasteiger partial charge is 0.449 e. The second-order valence-corrected chi connectivity index (χ2v) is 4.92. The van der Waals surface area contributed by atoms with E-state index in [0.29, 0.717) is 5.69 Å². The van der Waals surface area contributed by atoms with Crippen molar-refractivity contribution in [2.24, 2.45) is 0 Å². The van der Waals surface area contributed by atoms with Crippen LogP contribution in [-0.4, -0.2) is 18.0 Å². The molecule has 4 nitrogen and oxygen atoms in total. The zero-order valence-corrected chi connectivity index (χ0v) is 12.3. The molecule has 0 saturated carbocycles. The van der Waals surface area contributed by atoms with Gasteiger partial charge in [0.1, 0.15) is 5.82 Å². The van der Waals surface area contributed by atoms with Crippen LogP contribution >= 0.6 is 0 Å². The highest BCUT2D eigenvalue weighted by Crippen LogP contribution is 2.11. The summed E-state index contributed by atoms with van der Waals surface area (Å²) in [6.07, 6.45) is -0.990. The fourth-order valence-electron chi connectivity index (χ4n) is 1.86. The van der Waals surface area contributed by atoms with Gasteiger partial charge in [0, 0.05) is 5.69 Å². The lowest BCUT2D eigenvalue weighted by molar-refractivity contribution is -0.123. The highest BCUT2D eigenvalue weighted by Gasteiger charge is 2.19. The van der Waals surface area contributed by atoms with E-state index in [0.717, 1.165) is 11.6 Å². The molecule has 0 saturated heterocycles. The predicted octanol–water partition coefficient (Wildman–Crippen LogP) is 3.32. The number of esters is 1. The lowest BCUT2D eigenvalue weighted by Gasteiger charge is -2.13. The third-order valence-electron chi connectivity index (χ3n) is 3.00. The summed E-state index contributed by atoms with van der Waals surface area (Å²) in [6.45, 7) is 3.37. The minimum absolute atomic E-state index is 0.0650. The van der Waals surface area contributed by atoms with E-state index >= 15 is 0 Å². The smallest absolute Gasteiger partial charge is 0.339 e. The quantitative estimate of drug-likeness (QED) is 0.881. The van der Waals surface area contributed by atoms with Gasteiger partial charge in [-0.3, -0.25) is 4.79 Å². The van der Waals surface area contributed by atoms with E-state index in [4.69, 9.17) is 4.74 Å². The number of ether oxygens (including phenoxy) is 1. The first-order valence-electron chi connectivity index (χ1n) is 6.80. The number of carbonyl (C=O) groups is 2. The van der Waals surface area contributed by atoms with Gasteiger partial charge < -0.3 is 10.1 Å². The number of amides is 1. The molecule has 0 heterocycles. The van der Waals surface area contributed by atoms with Crippen molar-refractivity contribution in [2.45, 2.75) is 20.0 Å². The fourth-order valence-corrected chi connectivity index (χ4v) is 1.86. The van der Waals surface area contributed by atoms with E-state index in [9.17, 15) is 14.0 Å².